The Kier molecular flexibility index (Phi) is 0.864. The lowest BCUT2D eigenvalue weighted by molar-refractivity contribution is -0.718. The van der Waals surface area contributed by atoms with Crippen molar-refractivity contribution in [3.05, 3.63) is 10.1 Å². The minimum absolute atomic E-state index is 0.0684. The molecule has 0 amide bonds. The molecule has 0 radical (unpaired) electrons. The first-order valence-corrected chi connectivity index (χ1v) is 5.61. The van der Waals surface area contributed by atoms with E-state index in [1.165, 1.54) is 0 Å². The highest BCUT2D eigenvalue weighted by atomic mass is 35.5. The topological polar surface area (TPSA) is 43.1 Å². The Hall–Kier alpha value is -0.310. The van der Waals surface area contributed by atoms with Crippen LogP contribution in [0.4, 0.5) is 0 Å². The molecular formula is C10H12ClNO2. The molecule has 0 bridgehead atoms. The molecule has 76 valence electrons. The molecule has 14 heavy (non-hydrogen) atoms. The molecule has 0 N–H and O–H groups in total. The fraction of sp³-hybridized carbons (Fsp3) is 1.00. The van der Waals surface area contributed by atoms with Crippen LogP contribution in [0.1, 0.15) is 20.3 Å². The van der Waals surface area contributed by atoms with E-state index in [0.29, 0.717) is 23.7 Å². The second kappa shape index (κ2) is 1.53. The molecular weight excluding hydrogens is 202 g/mol. The first-order valence-electron chi connectivity index (χ1n) is 5.23. The van der Waals surface area contributed by atoms with Crippen LogP contribution in [0, 0.1) is 39.2 Å². The zero-order chi connectivity index (χ0) is 10.1. The van der Waals surface area contributed by atoms with Crippen LogP contribution in [0.5, 0.6) is 0 Å². The van der Waals surface area contributed by atoms with Gasteiger partial charge in [0.2, 0.25) is 5.54 Å². The number of alkyl halides is 1. The Morgan fingerprint density at radius 2 is 2.07 bits per heavy atom. The molecule has 4 heteroatoms. The van der Waals surface area contributed by atoms with E-state index in [1.54, 1.807) is 0 Å². The van der Waals surface area contributed by atoms with Gasteiger partial charge < -0.3 is 0 Å². The van der Waals surface area contributed by atoms with E-state index < -0.39 is 10.4 Å². The maximum atomic E-state index is 11.1. The van der Waals surface area contributed by atoms with Gasteiger partial charge in [-0.25, -0.2) is 0 Å². The van der Waals surface area contributed by atoms with E-state index in [4.69, 9.17) is 11.6 Å². The minimum Gasteiger partial charge on any atom is -0.264 e. The lowest BCUT2D eigenvalue weighted by atomic mass is 9.10. The van der Waals surface area contributed by atoms with Crippen LogP contribution in [0.2, 0.25) is 0 Å². The van der Waals surface area contributed by atoms with Crippen molar-refractivity contribution in [1.29, 1.82) is 0 Å². The molecule has 6 unspecified atom stereocenters. The van der Waals surface area contributed by atoms with E-state index in [0.717, 1.165) is 6.42 Å². The third kappa shape index (κ3) is 0.351. The van der Waals surface area contributed by atoms with Crippen molar-refractivity contribution in [1.82, 2.24) is 0 Å². The summed E-state index contributed by atoms with van der Waals surface area (Å²) in [6, 6.07) is 0. The van der Waals surface area contributed by atoms with Gasteiger partial charge in [0.25, 0.3) is 0 Å². The summed E-state index contributed by atoms with van der Waals surface area (Å²) in [7, 11) is 0. The van der Waals surface area contributed by atoms with Crippen LogP contribution in [0.15, 0.2) is 0 Å². The van der Waals surface area contributed by atoms with E-state index in [9.17, 15) is 10.1 Å². The van der Waals surface area contributed by atoms with Gasteiger partial charge in [-0.05, 0) is 17.8 Å². The molecule has 0 saturated heterocycles. The van der Waals surface area contributed by atoms with Crippen molar-refractivity contribution in [2.24, 2.45) is 29.1 Å². The summed E-state index contributed by atoms with van der Waals surface area (Å²) in [4.78, 5) is 10.6. The molecule has 4 rings (SSSR count). The highest BCUT2D eigenvalue weighted by Crippen LogP contribution is 2.95. The van der Waals surface area contributed by atoms with Gasteiger partial charge >= 0.3 is 0 Å². The second-order valence-electron chi connectivity index (χ2n) is 6.11. The molecule has 4 aliphatic carbocycles. The fourth-order valence-corrected chi connectivity index (χ4v) is 6.62. The van der Waals surface area contributed by atoms with Crippen LogP contribution >= 0.6 is 11.6 Å². The summed E-state index contributed by atoms with van der Waals surface area (Å²) in [5, 5.41) is 11.1. The van der Waals surface area contributed by atoms with Crippen molar-refractivity contribution < 1.29 is 4.92 Å². The van der Waals surface area contributed by atoms with Gasteiger partial charge in [-0.1, -0.05) is 13.8 Å². The van der Waals surface area contributed by atoms with E-state index in [2.05, 4.69) is 13.8 Å². The van der Waals surface area contributed by atoms with Gasteiger partial charge in [0.1, 0.15) is 4.87 Å². The Morgan fingerprint density at radius 1 is 1.43 bits per heavy atom. The largest absolute Gasteiger partial charge is 0.264 e. The van der Waals surface area contributed by atoms with E-state index in [1.807, 2.05) is 0 Å². The van der Waals surface area contributed by atoms with Crippen molar-refractivity contribution in [3.63, 3.8) is 0 Å². The summed E-state index contributed by atoms with van der Waals surface area (Å²) in [5.41, 5.74) is -0.410. The number of halogens is 1. The van der Waals surface area contributed by atoms with E-state index in [-0.39, 0.29) is 10.3 Å². The second-order valence-corrected chi connectivity index (χ2v) is 6.78. The van der Waals surface area contributed by atoms with Crippen LogP contribution in [0.3, 0.4) is 0 Å². The Balaban J connectivity index is 1.86. The monoisotopic (exact) mass is 213 g/mol. The smallest absolute Gasteiger partial charge is 0.247 e. The molecule has 4 fully saturated rings. The number of nitrogens with zero attached hydrogens (tertiary/aromatic N) is 1. The molecule has 0 aromatic carbocycles. The predicted molar refractivity (Wildman–Crippen MR) is 50.7 cm³/mol. The summed E-state index contributed by atoms with van der Waals surface area (Å²) in [6.45, 7) is 4.45. The van der Waals surface area contributed by atoms with Crippen molar-refractivity contribution in [3.8, 4) is 0 Å². The predicted octanol–water partition coefficient (Wildman–Crippen LogP) is 1.91. The third-order valence-electron chi connectivity index (χ3n) is 5.89. The molecule has 0 aromatic rings. The molecule has 0 aliphatic heterocycles. The first-order chi connectivity index (χ1) is 6.40. The van der Waals surface area contributed by atoms with Gasteiger partial charge in [-0.3, -0.25) is 10.1 Å². The summed E-state index contributed by atoms with van der Waals surface area (Å²) in [5.74, 6) is 1.62. The molecule has 0 aromatic heterocycles. The molecule has 3 nitrogen and oxygen atoms in total. The quantitative estimate of drug-likeness (QED) is 0.379. The summed E-state index contributed by atoms with van der Waals surface area (Å²) in [6.07, 6.45) is 0.894. The van der Waals surface area contributed by atoms with E-state index >= 15 is 0 Å². The maximum Gasteiger partial charge on any atom is 0.247 e. The highest BCUT2D eigenvalue weighted by Gasteiger charge is 3.06. The summed E-state index contributed by atoms with van der Waals surface area (Å²) >= 11 is 6.45. The Labute approximate surface area is 87.0 Å². The van der Waals surface area contributed by atoms with Crippen LogP contribution < -0.4 is 0 Å². The van der Waals surface area contributed by atoms with Gasteiger partial charge in [-0.2, -0.15) is 0 Å². The average molecular weight is 214 g/mol. The molecule has 4 saturated carbocycles. The molecule has 4 aliphatic rings. The Bertz CT molecular complexity index is 388. The van der Waals surface area contributed by atoms with Gasteiger partial charge in [0, 0.05) is 22.7 Å². The Morgan fingerprint density at radius 3 is 2.50 bits per heavy atom. The third-order valence-corrected chi connectivity index (χ3v) is 6.58. The van der Waals surface area contributed by atoms with Crippen molar-refractivity contribution in [2.45, 2.75) is 30.7 Å². The number of hydrogen-bond acceptors (Lipinski definition) is 2. The fourth-order valence-electron chi connectivity index (χ4n) is 5.70. The highest BCUT2D eigenvalue weighted by molar-refractivity contribution is 6.27. The number of fused-ring (bicyclic) bond motifs is 2. The maximum absolute atomic E-state index is 11.1. The normalized spacial score (nSPS) is 69.1. The standard InChI is InChI=1S/C10H12ClNO2/c1-8(2)5-4-3-9(11)7(8)6(5)10(4,9)12(13)14/h4-7H,3H2,1-2H3. The van der Waals surface area contributed by atoms with Crippen LogP contribution in [-0.4, -0.2) is 15.3 Å². The number of nitro groups is 1. The van der Waals surface area contributed by atoms with Crippen molar-refractivity contribution >= 4 is 11.6 Å². The molecule has 6 atom stereocenters. The van der Waals surface area contributed by atoms with Gasteiger partial charge in [-0.15, -0.1) is 11.6 Å². The molecule has 0 spiro atoms. The SMILES string of the molecule is CC1(C)C2C3CC4(Cl)C1C2C34[N+](=O)[O-]. The first kappa shape index (κ1) is 7.91. The minimum atomic E-state index is -0.681. The zero-order valence-corrected chi connectivity index (χ0v) is 8.91. The van der Waals surface area contributed by atoms with Crippen LogP contribution in [-0.2, 0) is 0 Å². The molecule has 0 heterocycles. The van der Waals surface area contributed by atoms with Crippen molar-refractivity contribution in [2.75, 3.05) is 0 Å². The zero-order valence-electron chi connectivity index (χ0n) is 8.16. The lowest BCUT2D eigenvalue weighted by Gasteiger charge is -2.93. The van der Waals surface area contributed by atoms with Gasteiger partial charge in [0.05, 0.1) is 0 Å². The average Bonchev–Trinajstić information content (AvgIpc) is 1.99. The summed E-state index contributed by atoms with van der Waals surface area (Å²) < 4.78 is 0. The van der Waals surface area contributed by atoms with Gasteiger partial charge in [0.15, 0.2) is 0 Å². The lowest BCUT2D eigenvalue weighted by Crippen LogP contribution is -3.04. The number of rotatable bonds is 1. The van der Waals surface area contributed by atoms with Crippen LogP contribution in [0.25, 0.3) is 0 Å². The number of hydrogen-bond donors (Lipinski definition) is 0.